The molecule has 2 rings (SSSR count). The average molecular weight is 309 g/mol. The quantitative estimate of drug-likeness (QED) is 0.756. The molecule has 0 saturated heterocycles. The van der Waals surface area contributed by atoms with Crippen LogP contribution in [0.5, 0.6) is 0 Å². The first-order valence-corrected chi connectivity index (χ1v) is 7.61. The molecule has 0 aliphatic heterocycles. The third-order valence-electron chi connectivity index (χ3n) is 3.69. The zero-order valence-corrected chi connectivity index (χ0v) is 12.5. The maximum atomic E-state index is 10.6. The van der Waals surface area contributed by atoms with Crippen molar-refractivity contribution in [2.45, 2.75) is 51.6 Å². The highest BCUT2D eigenvalue weighted by atomic mass is 79.9. The summed E-state index contributed by atoms with van der Waals surface area (Å²) >= 11 is 3.60. The molecule has 1 nitrogen and oxygen atoms in total. The molecule has 0 saturated carbocycles. The summed E-state index contributed by atoms with van der Waals surface area (Å²) in [4.78, 5) is 0. The van der Waals surface area contributed by atoms with E-state index in [4.69, 9.17) is 0 Å². The number of benzene rings is 1. The predicted octanol–water partition coefficient (Wildman–Crippen LogP) is 5.07. The summed E-state index contributed by atoms with van der Waals surface area (Å²) in [6.45, 7) is 2.06. The molecule has 1 unspecified atom stereocenters. The lowest BCUT2D eigenvalue weighted by atomic mass is 9.92. The largest absolute Gasteiger partial charge is 0.384 e. The molecule has 0 spiro atoms. The van der Waals surface area contributed by atoms with E-state index in [1.54, 1.807) is 0 Å². The molecular weight excluding hydrogens is 288 g/mol. The highest BCUT2D eigenvalue weighted by Crippen LogP contribution is 2.33. The molecule has 1 atom stereocenters. The third kappa shape index (κ3) is 3.24. The fourth-order valence-corrected chi connectivity index (χ4v) is 3.03. The van der Waals surface area contributed by atoms with E-state index in [-0.39, 0.29) is 0 Å². The van der Waals surface area contributed by atoms with E-state index in [0.717, 1.165) is 22.9 Å². The van der Waals surface area contributed by atoms with Gasteiger partial charge in [-0.25, -0.2) is 0 Å². The minimum atomic E-state index is -0.447. The van der Waals surface area contributed by atoms with Crippen molar-refractivity contribution in [2.24, 2.45) is 0 Å². The molecular formula is C16H21BrO. The summed E-state index contributed by atoms with van der Waals surface area (Å²) in [7, 11) is 0. The second kappa shape index (κ2) is 6.53. The van der Waals surface area contributed by atoms with Gasteiger partial charge in [0.15, 0.2) is 0 Å². The Morgan fingerprint density at radius 1 is 1.17 bits per heavy atom. The van der Waals surface area contributed by atoms with Gasteiger partial charge in [0.25, 0.3) is 0 Å². The Balaban J connectivity index is 2.23. The lowest BCUT2D eigenvalue weighted by Gasteiger charge is -2.19. The molecule has 18 heavy (non-hydrogen) atoms. The molecule has 0 amide bonds. The molecule has 1 aromatic carbocycles. The molecule has 1 aromatic rings. The Hall–Kier alpha value is -0.600. The zero-order chi connectivity index (χ0) is 13.0. The van der Waals surface area contributed by atoms with E-state index >= 15 is 0 Å². The van der Waals surface area contributed by atoms with Crippen molar-refractivity contribution in [3.05, 3.63) is 45.4 Å². The van der Waals surface area contributed by atoms with Gasteiger partial charge in [-0.3, -0.25) is 0 Å². The molecule has 0 fully saturated rings. The average Bonchev–Trinajstić information content (AvgIpc) is 2.31. The van der Waals surface area contributed by atoms with E-state index in [9.17, 15) is 5.11 Å². The Kier molecular flexibility index (Phi) is 5.02. The van der Waals surface area contributed by atoms with Gasteiger partial charge in [0, 0.05) is 4.47 Å². The summed E-state index contributed by atoms with van der Waals surface area (Å²) in [5.74, 6) is 0. The van der Waals surface area contributed by atoms with Crippen molar-refractivity contribution in [2.75, 3.05) is 0 Å². The SMILES string of the molecule is Cc1cccc(C(O)/C2=C/CCCCCC2)c1Br. The van der Waals surface area contributed by atoms with Gasteiger partial charge in [-0.05, 0) is 49.3 Å². The van der Waals surface area contributed by atoms with Gasteiger partial charge < -0.3 is 5.11 Å². The number of aliphatic hydroxyl groups is 1. The van der Waals surface area contributed by atoms with Crippen molar-refractivity contribution >= 4 is 15.9 Å². The van der Waals surface area contributed by atoms with Gasteiger partial charge in [-0.1, -0.05) is 53.0 Å². The molecule has 1 N–H and O–H groups in total. The molecule has 0 heterocycles. The normalized spacial score (nSPS) is 21.6. The third-order valence-corrected chi connectivity index (χ3v) is 4.78. The zero-order valence-electron chi connectivity index (χ0n) is 11.0. The minimum Gasteiger partial charge on any atom is -0.384 e. The second-order valence-corrected chi connectivity index (χ2v) is 5.91. The molecule has 0 radical (unpaired) electrons. The van der Waals surface area contributed by atoms with Crippen LogP contribution in [-0.4, -0.2) is 5.11 Å². The van der Waals surface area contributed by atoms with Crippen molar-refractivity contribution in [1.82, 2.24) is 0 Å². The number of aryl methyl sites for hydroxylation is 1. The van der Waals surface area contributed by atoms with Crippen molar-refractivity contribution < 1.29 is 5.11 Å². The first kappa shape index (κ1) is 13.8. The van der Waals surface area contributed by atoms with Crippen molar-refractivity contribution in [3.8, 4) is 0 Å². The molecule has 1 aliphatic rings. The highest BCUT2D eigenvalue weighted by Gasteiger charge is 2.17. The number of hydrogen-bond acceptors (Lipinski definition) is 1. The fraction of sp³-hybridized carbons (Fsp3) is 0.500. The Morgan fingerprint density at radius 2 is 1.94 bits per heavy atom. The Morgan fingerprint density at radius 3 is 2.78 bits per heavy atom. The van der Waals surface area contributed by atoms with E-state index in [1.807, 2.05) is 12.1 Å². The molecule has 0 aromatic heterocycles. The number of aliphatic hydroxyl groups excluding tert-OH is 1. The van der Waals surface area contributed by atoms with E-state index in [1.165, 1.54) is 36.8 Å². The second-order valence-electron chi connectivity index (χ2n) is 5.11. The maximum absolute atomic E-state index is 10.6. The van der Waals surface area contributed by atoms with Crippen LogP contribution in [0, 0.1) is 6.92 Å². The van der Waals surface area contributed by atoms with Crippen LogP contribution in [-0.2, 0) is 0 Å². The number of halogens is 1. The number of allylic oxidation sites excluding steroid dienone is 1. The summed E-state index contributed by atoms with van der Waals surface area (Å²) < 4.78 is 1.04. The van der Waals surface area contributed by atoms with Gasteiger partial charge >= 0.3 is 0 Å². The molecule has 2 heteroatoms. The Bertz CT molecular complexity index is 437. The first-order valence-electron chi connectivity index (χ1n) is 6.82. The van der Waals surface area contributed by atoms with Crippen LogP contribution >= 0.6 is 15.9 Å². The summed E-state index contributed by atoms with van der Waals surface area (Å²) in [5.41, 5.74) is 3.38. The lowest BCUT2D eigenvalue weighted by molar-refractivity contribution is 0.208. The van der Waals surface area contributed by atoms with Gasteiger partial charge in [0.1, 0.15) is 6.10 Å². The lowest BCUT2D eigenvalue weighted by Crippen LogP contribution is -2.05. The number of rotatable bonds is 2. The topological polar surface area (TPSA) is 20.2 Å². The first-order chi connectivity index (χ1) is 8.70. The fourth-order valence-electron chi connectivity index (χ4n) is 2.55. The van der Waals surface area contributed by atoms with Crippen LogP contribution in [0.2, 0.25) is 0 Å². The Labute approximate surface area is 118 Å². The minimum absolute atomic E-state index is 0.447. The molecule has 0 bridgehead atoms. The molecule has 1 aliphatic carbocycles. The number of hydrogen-bond donors (Lipinski definition) is 1. The van der Waals surface area contributed by atoms with E-state index in [2.05, 4.69) is 35.0 Å². The van der Waals surface area contributed by atoms with Gasteiger partial charge in [-0.2, -0.15) is 0 Å². The summed E-state index contributed by atoms with van der Waals surface area (Å²) in [6, 6.07) is 6.09. The van der Waals surface area contributed by atoms with Crippen LogP contribution in [0.3, 0.4) is 0 Å². The van der Waals surface area contributed by atoms with Crippen LogP contribution in [0.15, 0.2) is 34.3 Å². The van der Waals surface area contributed by atoms with Crippen molar-refractivity contribution in [1.29, 1.82) is 0 Å². The van der Waals surface area contributed by atoms with Crippen LogP contribution in [0.1, 0.15) is 55.8 Å². The van der Waals surface area contributed by atoms with Crippen LogP contribution in [0.25, 0.3) is 0 Å². The van der Waals surface area contributed by atoms with E-state index < -0.39 is 6.10 Å². The molecule has 98 valence electrons. The van der Waals surface area contributed by atoms with Crippen molar-refractivity contribution in [3.63, 3.8) is 0 Å². The van der Waals surface area contributed by atoms with Gasteiger partial charge in [0.05, 0.1) is 0 Å². The van der Waals surface area contributed by atoms with E-state index in [0.29, 0.717) is 0 Å². The van der Waals surface area contributed by atoms with Gasteiger partial charge in [-0.15, -0.1) is 0 Å². The van der Waals surface area contributed by atoms with Crippen LogP contribution < -0.4 is 0 Å². The maximum Gasteiger partial charge on any atom is 0.101 e. The highest BCUT2D eigenvalue weighted by molar-refractivity contribution is 9.10. The standard InChI is InChI=1S/C16H21BrO/c1-12-8-7-11-14(15(12)17)16(18)13-9-5-3-2-4-6-10-13/h7-9,11,16,18H,2-6,10H2,1H3/b13-9+. The van der Waals surface area contributed by atoms with Gasteiger partial charge in [0.2, 0.25) is 0 Å². The smallest absolute Gasteiger partial charge is 0.101 e. The predicted molar refractivity (Wildman–Crippen MR) is 79.6 cm³/mol. The summed E-state index contributed by atoms with van der Waals surface area (Å²) in [5, 5.41) is 10.6. The van der Waals surface area contributed by atoms with Crippen LogP contribution in [0.4, 0.5) is 0 Å². The summed E-state index contributed by atoms with van der Waals surface area (Å²) in [6.07, 6.45) is 9.01. The monoisotopic (exact) mass is 308 g/mol.